The molecule has 0 atom stereocenters. The van der Waals surface area contributed by atoms with Crippen LogP contribution < -0.4 is 10.1 Å². The van der Waals surface area contributed by atoms with Crippen molar-refractivity contribution < 1.29 is 32.7 Å². The van der Waals surface area contributed by atoms with E-state index in [1.54, 1.807) is 24.3 Å². The maximum absolute atomic E-state index is 12.9. The first-order chi connectivity index (χ1) is 14.4. The Balaban J connectivity index is 1.50. The summed E-state index contributed by atoms with van der Waals surface area (Å²) in [7, 11) is 0. The molecule has 0 saturated heterocycles. The van der Waals surface area contributed by atoms with Gasteiger partial charge in [-0.2, -0.15) is 0 Å². The summed E-state index contributed by atoms with van der Waals surface area (Å²) in [6.07, 6.45) is 0. The smallest absolute Gasteiger partial charge is 0.374 e. The first-order valence-electron chi connectivity index (χ1n) is 8.96. The van der Waals surface area contributed by atoms with Crippen molar-refractivity contribution in [3.63, 3.8) is 0 Å². The third-order valence-electron chi connectivity index (χ3n) is 3.97. The molecule has 7 nitrogen and oxygen atoms in total. The van der Waals surface area contributed by atoms with Gasteiger partial charge in [-0.15, -0.1) is 0 Å². The van der Waals surface area contributed by atoms with Crippen LogP contribution in [0.15, 0.2) is 65.1 Å². The number of esters is 1. The van der Waals surface area contributed by atoms with Crippen LogP contribution in [0.25, 0.3) is 0 Å². The summed E-state index contributed by atoms with van der Waals surface area (Å²) in [6.45, 7) is 0.869. The molecule has 1 aromatic heterocycles. The second-order valence-corrected chi connectivity index (χ2v) is 6.23. The fraction of sp³-hybridized carbons (Fsp3) is 0.136. The number of para-hydroxylation sites is 1. The Kier molecular flexibility index (Phi) is 6.59. The van der Waals surface area contributed by atoms with Crippen LogP contribution in [0, 0.1) is 5.82 Å². The molecular weight excluding hydrogens is 393 g/mol. The van der Waals surface area contributed by atoms with Crippen molar-refractivity contribution in [3.05, 3.63) is 83.6 Å². The highest BCUT2D eigenvalue weighted by Gasteiger charge is 2.16. The second-order valence-electron chi connectivity index (χ2n) is 6.23. The molecule has 0 aliphatic rings. The van der Waals surface area contributed by atoms with E-state index in [-0.39, 0.29) is 24.0 Å². The molecular formula is C22H18FNO6. The number of hydrogen-bond donors (Lipinski definition) is 1. The number of carbonyl (C=O) groups is 3. The monoisotopic (exact) mass is 411 g/mol. The average Bonchev–Trinajstić information content (AvgIpc) is 3.21. The second kappa shape index (κ2) is 9.51. The summed E-state index contributed by atoms with van der Waals surface area (Å²) in [5, 5.41) is 2.53. The normalized spacial score (nSPS) is 10.3. The Morgan fingerprint density at radius 1 is 1.00 bits per heavy atom. The fourth-order valence-electron chi connectivity index (χ4n) is 2.54. The number of anilines is 1. The molecule has 154 valence electrons. The van der Waals surface area contributed by atoms with Crippen LogP contribution in [0.5, 0.6) is 5.75 Å². The number of halogens is 1. The highest BCUT2D eigenvalue weighted by Crippen LogP contribution is 2.17. The average molecular weight is 411 g/mol. The number of carbonyl (C=O) groups excluding carboxylic acids is 3. The van der Waals surface area contributed by atoms with E-state index >= 15 is 0 Å². The minimum absolute atomic E-state index is 0.0290. The molecule has 0 saturated carbocycles. The molecule has 0 aliphatic carbocycles. The van der Waals surface area contributed by atoms with Crippen molar-refractivity contribution in [2.75, 3.05) is 11.9 Å². The summed E-state index contributed by atoms with van der Waals surface area (Å²) in [5.74, 6) is -1.29. The lowest BCUT2D eigenvalue weighted by atomic mass is 10.1. The Bertz CT molecular complexity index is 1060. The number of amides is 1. The molecule has 0 spiro atoms. The number of hydrogen-bond acceptors (Lipinski definition) is 6. The topological polar surface area (TPSA) is 94.8 Å². The summed E-state index contributed by atoms with van der Waals surface area (Å²) >= 11 is 0. The predicted octanol–water partition coefficient (Wildman–Crippen LogP) is 4.00. The summed E-state index contributed by atoms with van der Waals surface area (Å²) in [4.78, 5) is 35.7. The molecule has 0 unspecified atom stereocenters. The molecule has 1 amide bonds. The van der Waals surface area contributed by atoms with Gasteiger partial charge in [-0.05, 0) is 55.5 Å². The number of rotatable bonds is 8. The fourth-order valence-corrected chi connectivity index (χ4v) is 2.54. The van der Waals surface area contributed by atoms with E-state index < -0.39 is 18.5 Å². The Morgan fingerprint density at radius 2 is 1.73 bits per heavy atom. The molecule has 30 heavy (non-hydrogen) atoms. The SMILES string of the molecule is CC(=O)c1ccccc1NC(=O)COC(=O)c1ccc(COc2ccc(F)cc2)o1. The van der Waals surface area contributed by atoms with Crippen LogP contribution in [-0.2, 0) is 16.1 Å². The van der Waals surface area contributed by atoms with Gasteiger partial charge in [0.05, 0.1) is 5.69 Å². The standard InChI is InChI=1S/C22H18FNO6/c1-14(25)18-4-2-3-5-19(18)24-21(26)13-29-22(27)20-11-10-17(30-20)12-28-16-8-6-15(23)7-9-16/h2-11H,12-13H2,1H3,(H,24,26). The highest BCUT2D eigenvalue weighted by atomic mass is 19.1. The lowest BCUT2D eigenvalue weighted by Gasteiger charge is -2.09. The lowest BCUT2D eigenvalue weighted by molar-refractivity contribution is -0.119. The molecule has 0 aliphatic heterocycles. The van der Waals surface area contributed by atoms with Crippen molar-refractivity contribution in [1.29, 1.82) is 0 Å². The van der Waals surface area contributed by atoms with Crippen LogP contribution in [0.3, 0.4) is 0 Å². The van der Waals surface area contributed by atoms with E-state index in [0.29, 0.717) is 22.8 Å². The van der Waals surface area contributed by atoms with E-state index in [4.69, 9.17) is 13.9 Å². The van der Waals surface area contributed by atoms with Gasteiger partial charge in [-0.25, -0.2) is 9.18 Å². The molecule has 2 aromatic carbocycles. The molecule has 1 N–H and O–H groups in total. The van der Waals surface area contributed by atoms with Crippen LogP contribution in [0.2, 0.25) is 0 Å². The van der Waals surface area contributed by atoms with E-state index in [9.17, 15) is 18.8 Å². The predicted molar refractivity (Wildman–Crippen MR) is 105 cm³/mol. The first-order valence-corrected chi connectivity index (χ1v) is 8.96. The minimum atomic E-state index is -0.821. The van der Waals surface area contributed by atoms with Crippen molar-refractivity contribution in [2.45, 2.75) is 13.5 Å². The van der Waals surface area contributed by atoms with Gasteiger partial charge in [0.2, 0.25) is 5.76 Å². The van der Waals surface area contributed by atoms with Gasteiger partial charge in [0, 0.05) is 5.56 Å². The molecule has 3 rings (SSSR count). The number of ether oxygens (including phenoxy) is 2. The third kappa shape index (κ3) is 5.54. The summed E-state index contributed by atoms with van der Waals surface area (Å²) < 4.78 is 28.6. The lowest BCUT2D eigenvalue weighted by Crippen LogP contribution is -2.21. The van der Waals surface area contributed by atoms with Gasteiger partial charge in [0.1, 0.15) is 23.9 Å². The zero-order valence-corrected chi connectivity index (χ0v) is 16.0. The number of Topliss-reactive ketones (excluding diaryl/α,β-unsaturated/α-hetero) is 1. The molecule has 8 heteroatoms. The number of ketones is 1. The van der Waals surface area contributed by atoms with Gasteiger partial charge < -0.3 is 19.2 Å². The van der Waals surface area contributed by atoms with Crippen molar-refractivity contribution in [3.8, 4) is 5.75 Å². The van der Waals surface area contributed by atoms with Gasteiger partial charge in [0.15, 0.2) is 12.4 Å². The minimum Gasteiger partial charge on any atom is -0.486 e. The Morgan fingerprint density at radius 3 is 2.47 bits per heavy atom. The van der Waals surface area contributed by atoms with E-state index in [0.717, 1.165) is 0 Å². The van der Waals surface area contributed by atoms with Gasteiger partial charge >= 0.3 is 5.97 Å². The van der Waals surface area contributed by atoms with E-state index in [1.165, 1.54) is 43.3 Å². The maximum Gasteiger partial charge on any atom is 0.374 e. The largest absolute Gasteiger partial charge is 0.486 e. The Labute approximate surface area is 171 Å². The van der Waals surface area contributed by atoms with Crippen LogP contribution in [0.1, 0.15) is 33.6 Å². The van der Waals surface area contributed by atoms with Crippen LogP contribution in [0.4, 0.5) is 10.1 Å². The molecule has 0 radical (unpaired) electrons. The highest BCUT2D eigenvalue weighted by molar-refractivity contribution is 6.04. The van der Waals surface area contributed by atoms with Crippen molar-refractivity contribution in [2.24, 2.45) is 0 Å². The number of benzene rings is 2. The van der Waals surface area contributed by atoms with E-state index in [1.807, 2.05) is 0 Å². The van der Waals surface area contributed by atoms with Gasteiger partial charge in [0.25, 0.3) is 5.91 Å². The molecule has 1 heterocycles. The maximum atomic E-state index is 12.9. The first kappa shape index (κ1) is 20.8. The molecule has 0 bridgehead atoms. The number of nitrogens with one attached hydrogen (secondary N) is 1. The van der Waals surface area contributed by atoms with Crippen molar-refractivity contribution >= 4 is 23.3 Å². The van der Waals surface area contributed by atoms with E-state index in [2.05, 4.69) is 5.32 Å². The molecule has 0 fully saturated rings. The quantitative estimate of drug-likeness (QED) is 0.445. The number of furan rings is 1. The zero-order chi connectivity index (χ0) is 21.5. The van der Waals surface area contributed by atoms with Gasteiger partial charge in [-0.1, -0.05) is 12.1 Å². The summed E-state index contributed by atoms with van der Waals surface area (Å²) in [6, 6.07) is 14.9. The Hall–Kier alpha value is -3.94. The molecule has 3 aromatic rings. The van der Waals surface area contributed by atoms with Gasteiger partial charge in [-0.3, -0.25) is 9.59 Å². The van der Waals surface area contributed by atoms with Crippen LogP contribution >= 0.6 is 0 Å². The van der Waals surface area contributed by atoms with Crippen LogP contribution in [-0.4, -0.2) is 24.3 Å². The van der Waals surface area contributed by atoms with Crippen molar-refractivity contribution in [1.82, 2.24) is 0 Å². The summed E-state index contributed by atoms with van der Waals surface area (Å²) in [5.41, 5.74) is 0.693. The third-order valence-corrected chi connectivity index (χ3v) is 3.97. The zero-order valence-electron chi connectivity index (χ0n) is 16.0.